The van der Waals surface area contributed by atoms with Crippen LogP contribution >= 0.6 is 0 Å². The maximum atomic E-state index is 6.36. The molecule has 150 valence electrons. The Morgan fingerprint density at radius 1 is 0.967 bits per heavy atom. The van der Waals surface area contributed by atoms with Gasteiger partial charge < -0.3 is 9.64 Å². The summed E-state index contributed by atoms with van der Waals surface area (Å²) in [5, 5.41) is 1.16. The molecule has 0 saturated carbocycles. The number of piperidine rings is 1. The third-order valence-corrected chi connectivity index (χ3v) is 5.40. The van der Waals surface area contributed by atoms with Crippen LogP contribution < -0.4 is 9.64 Å². The van der Waals surface area contributed by atoms with Crippen molar-refractivity contribution in [2.75, 3.05) is 18.0 Å². The van der Waals surface area contributed by atoms with Crippen molar-refractivity contribution in [3.05, 3.63) is 72.8 Å². The average molecular weight is 397 g/mol. The molecule has 0 aliphatic carbocycles. The van der Waals surface area contributed by atoms with Gasteiger partial charge in [-0.1, -0.05) is 18.2 Å². The highest BCUT2D eigenvalue weighted by molar-refractivity contribution is 5.80. The van der Waals surface area contributed by atoms with Crippen LogP contribution in [-0.4, -0.2) is 39.1 Å². The molecule has 1 aromatic carbocycles. The fourth-order valence-corrected chi connectivity index (χ4v) is 3.93. The lowest BCUT2D eigenvalue weighted by Crippen LogP contribution is -2.41. The molecule has 1 aliphatic heterocycles. The number of fused-ring (bicyclic) bond motifs is 1. The molecule has 0 spiro atoms. The second-order valence-corrected chi connectivity index (χ2v) is 7.59. The summed E-state index contributed by atoms with van der Waals surface area (Å²) in [6.07, 6.45) is 7.23. The first kappa shape index (κ1) is 18.5. The van der Waals surface area contributed by atoms with Crippen LogP contribution in [0.4, 0.5) is 5.82 Å². The van der Waals surface area contributed by atoms with Crippen molar-refractivity contribution >= 4 is 16.7 Å². The molecule has 1 fully saturated rings. The van der Waals surface area contributed by atoms with E-state index >= 15 is 0 Å². The summed E-state index contributed by atoms with van der Waals surface area (Å²) in [6.45, 7) is 3.72. The van der Waals surface area contributed by atoms with Crippen LogP contribution in [0.25, 0.3) is 22.2 Å². The number of nitrogens with zero attached hydrogens (tertiary/aromatic N) is 5. The van der Waals surface area contributed by atoms with Gasteiger partial charge in [-0.05, 0) is 50.1 Å². The van der Waals surface area contributed by atoms with Crippen molar-refractivity contribution in [1.29, 1.82) is 0 Å². The van der Waals surface area contributed by atoms with Gasteiger partial charge in [0.1, 0.15) is 17.6 Å². The number of anilines is 1. The fourth-order valence-electron chi connectivity index (χ4n) is 3.93. The lowest BCUT2D eigenvalue weighted by Gasteiger charge is -2.33. The maximum absolute atomic E-state index is 6.36. The highest BCUT2D eigenvalue weighted by atomic mass is 16.5. The molecular weight excluding hydrogens is 374 g/mol. The van der Waals surface area contributed by atoms with Crippen molar-refractivity contribution in [1.82, 2.24) is 19.9 Å². The van der Waals surface area contributed by atoms with Crippen molar-refractivity contribution in [3.63, 3.8) is 0 Å². The Labute approximate surface area is 175 Å². The van der Waals surface area contributed by atoms with Crippen LogP contribution in [0.3, 0.4) is 0 Å². The number of hydrogen-bond acceptors (Lipinski definition) is 6. The summed E-state index contributed by atoms with van der Waals surface area (Å²) >= 11 is 0. The van der Waals surface area contributed by atoms with E-state index in [1.165, 1.54) is 0 Å². The second-order valence-electron chi connectivity index (χ2n) is 7.59. The minimum Gasteiger partial charge on any atom is -0.471 e. The van der Waals surface area contributed by atoms with Gasteiger partial charge in [0.15, 0.2) is 0 Å². The predicted octanol–water partition coefficient (Wildman–Crippen LogP) is 4.44. The highest BCUT2D eigenvalue weighted by Gasteiger charge is 2.24. The zero-order valence-corrected chi connectivity index (χ0v) is 16.9. The zero-order valence-electron chi connectivity index (χ0n) is 16.9. The molecule has 0 amide bonds. The molecule has 3 aromatic heterocycles. The summed E-state index contributed by atoms with van der Waals surface area (Å²) in [6, 6.07) is 16.4. The van der Waals surface area contributed by atoms with Gasteiger partial charge in [-0.15, -0.1) is 0 Å². The van der Waals surface area contributed by atoms with E-state index in [9.17, 15) is 0 Å². The highest BCUT2D eigenvalue weighted by Crippen LogP contribution is 2.29. The molecule has 1 saturated heterocycles. The molecule has 30 heavy (non-hydrogen) atoms. The third kappa shape index (κ3) is 3.81. The van der Waals surface area contributed by atoms with Gasteiger partial charge >= 0.3 is 0 Å². The Kier molecular flexibility index (Phi) is 4.97. The Morgan fingerprint density at radius 3 is 2.80 bits per heavy atom. The normalized spacial score (nSPS) is 16.6. The van der Waals surface area contributed by atoms with Gasteiger partial charge in [0.2, 0.25) is 5.88 Å². The standard InChI is InChI=1S/C24H23N5O/c1-17-15-19(10-11-25-17)23-24(27-13-12-26-23)30-20-6-4-14-29(16-20)22-9-8-18-5-2-3-7-21(18)28-22/h2-3,5,7-13,15,20H,4,6,14,16H2,1H3/t20-/m1/s1. The van der Waals surface area contributed by atoms with Crippen LogP contribution in [0, 0.1) is 6.92 Å². The summed E-state index contributed by atoms with van der Waals surface area (Å²) in [5.41, 5.74) is 3.68. The Bertz CT molecular complexity index is 1180. The summed E-state index contributed by atoms with van der Waals surface area (Å²) in [5.74, 6) is 1.56. The van der Waals surface area contributed by atoms with E-state index in [0.717, 1.165) is 59.6 Å². The first-order chi connectivity index (χ1) is 14.8. The van der Waals surface area contributed by atoms with Gasteiger partial charge in [0.25, 0.3) is 0 Å². The molecule has 1 atom stereocenters. The van der Waals surface area contributed by atoms with Crippen molar-refractivity contribution in [3.8, 4) is 17.1 Å². The molecule has 5 rings (SSSR count). The fraction of sp³-hybridized carbons (Fsp3) is 0.250. The monoisotopic (exact) mass is 397 g/mol. The van der Waals surface area contributed by atoms with Gasteiger partial charge in [0.05, 0.1) is 12.1 Å². The third-order valence-electron chi connectivity index (χ3n) is 5.40. The topological polar surface area (TPSA) is 64.0 Å². The number of hydrogen-bond donors (Lipinski definition) is 0. The molecule has 0 N–H and O–H groups in total. The zero-order chi connectivity index (χ0) is 20.3. The number of aromatic nitrogens is 4. The number of rotatable bonds is 4. The minimum absolute atomic E-state index is 0.0328. The van der Waals surface area contributed by atoms with E-state index < -0.39 is 0 Å². The molecule has 6 heteroatoms. The summed E-state index contributed by atoms with van der Waals surface area (Å²) in [4.78, 5) is 20.4. The van der Waals surface area contributed by atoms with Crippen LogP contribution in [0.15, 0.2) is 67.1 Å². The Morgan fingerprint density at radius 2 is 1.87 bits per heavy atom. The van der Waals surface area contributed by atoms with E-state index in [1.54, 1.807) is 18.6 Å². The van der Waals surface area contributed by atoms with Crippen LogP contribution in [-0.2, 0) is 0 Å². The van der Waals surface area contributed by atoms with Crippen LogP contribution in [0.2, 0.25) is 0 Å². The van der Waals surface area contributed by atoms with E-state index in [4.69, 9.17) is 9.72 Å². The molecule has 0 unspecified atom stereocenters. The van der Waals surface area contributed by atoms with Gasteiger partial charge in [-0.3, -0.25) is 4.98 Å². The molecule has 4 heterocycles. The number of para-hydroxylation sites is 1. The lowest BCUT2D eigenvalue weighted by molar-refractivity contribution is 0.172. The molecule has 6 nitrogen and oxygen atoms in total. The average Bonchev–Trinajstić information content (AvgIpc) is 2.79. The number of aryl methyl sites for hydroxylation is 1. The minimum atomic E-state index is 0.0328. The van der Waals surface area contributed by atoms with Gasteiger partial charge in [-0.2, -0.15) is 0 Å². The van der Waals surface area contributed by atoms with Crippen molar-refractivity contribution < 1.29 is 4.74 Å². The summed E-state index contributed by atoms with van der Waals surface area (Å²) in [7, 11) is 0. The largest absolute Gasteiger partial charge is 0.471 e. The second kappa shape index (κ2) is 8.06. The van der Waals surface area contributed by atoms with E-state index in [1.807, 2.05) is 31.2 Å². The number of benzene rings is 1. The van der Waals surface area contributed by atoms with Crippen LogP contribution in [0.5, 0.6) is 5.88 Å². The van der Waals surface area contributed by atoms with E-state index in [-0.39, 0.29) is 6.10 Å². The predicted molar refractivity (Wildman–Crippen MR) is 118 cm³/mol. The van der Waals surface area contributed by atoms with E-state index in [0.29, 0.717) is 5.88 Å². The SMILES string of the molecule is Cc1cc(-c2nccnc2O[C@@H]2CCCN(c3ccc4ccccc4n3)C2)ccn1. The van der Waals surface area contributed by atoms with Gasteiger partial charge in [-0.25, -0.2) is 15.0 Å². The first-order valence-corrected chi connectivity index (χ1v) is 10.3. The summed E-state index contributed by atoms with van der Waals surface area (Å²) < 4.78 is 6.36. The molecule has 0 bridgehead atoms. The smallest absolute Gasteiger partial charge is 0.240 e. The van der Waals surface area contributed by atoms with Crippen molar-refractivity contribution in [2.24, 2.45) is 0 Å². The molecular formula is C24H23N5O. The van der Waals surface area contributed by atoms with Crippen LogP contribution in [0.1, 0.15) is 18.5 Å². The first-order valence-electron chi connectivity index (χ1n) is 10.3. The number of ether oxygens (including phenoxy) is 1. The van der Waals surface area contributed by atoms with Gasteiger partial charge in [0, 0.05) is 41.8 Å². The number of pyridine rings is 2. The molecule has 4 aromatic rings. The Balaban J connectivity index is 1.37. The lowest BCUT2D eigenvalue weighted by atomic mass is 10.1. The quantitative estimate of drug-likeness (QED) is 0.507. The Hall–Kier alpha value is -3.54. The molecule has 1 aliphatic rings. The molecule has 0 radical (unpaired) electrons. The van der Waals surface area contributed by atoms with Crippen molar-refractivity contribution in [2.45, 2.75) is 25.9 Å². The maximum Gasteiger partial charge on any atom is 0.240 e. The van der Waals surface area contributed by atoms with E-state index in [2.05, 4.69) is 44.1 Å².